The van der Waals surface area contributed by atoms with Crippen molar-refractivity contribution >= 4 is 10.9 Å². The number of aromatic nitrogens is 1. The van der Waals surface area contributed by atoms with Crippen molar-refractivity contribution in [2.75, 3.05) is 0 Å². The van der Waals surface area contributed by atoms with Gasteiger partial charge in [0.15, 0.2) is 5.75 Å². The molecular formula is C25H22F6N2O. The van der Waals surface area contributed by atoms with E-state index >= 15 is 0 Å². The average molecular weight is 480 g/mol. The molecule has 0 atom stereocenters. The molecule has 2 aromatic carbocycles. The van der Waals surface area contributed by atoms with Gasteiger partial charge in [0.05, 0.1) is 23.6 Å². The van der Waals surface area contributed by atoms with Gasteiger partial charge in [-0.15, -0.1) is 0 Å². The molecule has 0 unspecified atom stereocenters. The predicted octanol–water partition coefficient (Wildman–Crippen LogP) is 8.19. The lowest BCUT2D eigenvalue weighted by atomic mass is 9.85. The maximum absolute atomic E-state index is 13.7. The maximum Gasteiger partial charge on any atom is 0.420 e. The fourth-order valence-corrected chi connectivity index (χ4v) is 4.62. The number of nitriles is 1. The van der Waals surface area contributed by atoms with E-state index in [1.54, 1.807) is 12.1 Å². The number of halogens is 6. The van der Waals surface area contributed by atoms with Gasteiger partial charge in [-0.1, -0.05) is 32.1 Å². The Bertz CT molecular complexity index is 1180. The van der Waals surface area contributed by atoms with Crippen LogP contribution in [-0.2, 0) is 25.2 Å². The Labute approximate surface area is 192 Å². The molecule has 0 spiro atoms. The Morgan fingerprint density at radius 3 is 2.18 bits per heavy atom. The van der Waals surface area contributed by atoms with Crippen LogP contribution in [0.1, 0.15) is 54.4 Å². The Hall–Kier alpha value is -3.15. The molecule has 1 fully saturated rings. The number of fused-ring (bicyclic) bond motifs is 1. The third-order valence-corrected chi connectivity index (χ3v) is 6.23. The molecule has 1 heterocycles. The molecule has 1 aliphatic carbocycles. The van der Waals surface area contributed by atoms with E-state index in [1.807, 2.05) is 6.20 Å². The highest BCUT2D eigenvalue weighted by Crippen LogP contribution is 2.47. The SMILES string of the molecule is N#CCc1cc(C(F)(F)F)c(Oc2ccc3[nH]cc(CC4CCCCC4)c3c2)c(C(F)(F)F)c1. The van der Waals surface area contributed by atoms with Crippen LogP contribution in [0.4, 0.5) is 26.3 Å². The largest absolute Gasteiger partial charge is 0.456 e. The molecule has 3 aromatic rings. The van der Waals surface area contributed by atoms with Gasteiger partial charge < -0.3 is 9.72 Å². The van der Waals surface area contributed by atoms with Crippen LogP contribution in [0.25, 0.3) is 10.9 Å². The summed E-state index contributed by atoms with van der Waals surface area (Å²) in [6.07, 6.45) is -2.46. The van der Waals surface area contributed by atoms with Crippen LogP contribution in [0.2, 0.25) is 0 Å². The fourth-order valence-electron chi connectivity index (χ4n) is 4.62. The van der Waals surface area contributed by atoms with E-state index < -0.39 is 35.6 Å². The van der Waals surface area contributed by atoms with Gasteiger partial charge in [-0.3, -0.25) is 0 Å². The van der Waals surface area contributed by atoms with E-state index in [0.717, 1.165) is 43.2 Å². The summed E-state index contributed by atoms with van der Waals surface area (Å²) in [6.45, 7) is 0. The summed E-state index contributed by atoms with van der Waals surface area (Å²) in [7, 11) is 0. The van der Waals surface area contributed by atoms with Gasteiger partial charge in [0, 0.05) is 17.1 Å². The van der Waals surface area contributed by atoms with Gasteiger partial charge in [0.1, 0.15) is 5.75 Å². The molecule has 34 heavy (non-hydrogen) atoms. The molecule has 180 valence electrons. The zero-order valence-electron chi connectivity index (χ0n) is 18.1. The molecule has 1 N–H and O–H groups in total. The van der Waals surface area contributed by atoms with Crippen molar-refractivity contribution in [2.24, 2.45) is 5.92 Å². The Kier molecular flexibility index (Phi) is 6.52. The third-order valence-electron chi connectivity index (χ3n) is 6.23. The van der Waals surface area contributed by atoms with Crippen molar-refractivity contribution in [2.45, 2.75) is 57.3 Å². The summed E-state index contributed by atoms with van der Waals surface area (Å²) < 4.78 is 87.7. The standard InChI is InChI=1S/C25H22F6N2O/c26-24(27,28)20-11-16(8-9-32)12-21(25(29,30)31)23(20)34-18-6-7-22-19(13-18)17(14-33-22)10-15-4-2-1-3-5-15/h6-7,11-15,33H,1-5,8,10H2. The lowest BCUT2D eigenvalue weighted by Crippen LogP contribution is -2.15. The molecule has 0 aliphatic heterocycles. The van der Waals surface area contributed by atoms with Crippen LogP contribution in [0, 0.1) is 17.2 Å². The first-order chi connectivity index (χ1) is 16.1. The second kappa shape index (κ2) is 9.24. The lowest BCUT2D eigenvalue weighted by Gasteiger charge is -2.21. The minimum atomic E-state index is -5.11. The van der Waals surface area contributed by atoms with Crippen molar-refractivity contribution in [1.82, 2.24) is 4.98 Å². The minimum Gasteiger partial charge on any atom is -0.456 e. The minimum absolute atomic E-state index is 0.124. The molecule has 9 heteroatoms. The topological polar surface area (TPSA) is 48.8 Å². The van der Waals surface area contributed by atoms with E-state index in [9.17, 15) is 26.3 Å². The van der Waals surface area contributed by atoms with E-state index in [4.69, 9.17) is 10.00 Å². The van der Waals surface area contributed by atoms with Crippen molar-refractivity contribution in [1.29, 1.82) is 5.26 Å². The van der Waals surface area contributed by atoms with E-state index in [2.05, 4.69) is 4.98 Å². The second-order valence-electron chi connectivity index (χ2n) is 8.68. The van der Waals surface area contributed by atoms with Gasteiger partial charge in [-0.25, -0.2) is 0 Å². The van der Waals surface area contributed by atoms with Gasteiger partial charge >= 0.3 is 12.4 Å². The van der Waals surface area contributed by atoms with Crippen molar-refractivity contribution < 1.29 is 31.1 Å². The molecule has 0 amide bonds. The van der Waals surface area contributed by atoms with Crippen molar-refractivity contribution in [3.05, 3.63) is 58.8 Å². The zero-order chi connectivity index (χ0) is 24.5. The molecule has 4 rings (SSSR count). The van der Waals surface area contributed by atoms with Crippen LogP contribution in [0.15, 0.2) is 36.5 Å². The van der Waals surface area contributed by atoms with Crippen molar-refractivity contribution in [3.8, 4) is 17.6 Å². The van der Waals surface area contributed by atoms with E-state index in [1.165, 1.54) is 18.6 Å². The quantitative estimate of drug-likeness (QED) is 0.374. The number of alkyl halides is 6. The predicted molar refractivity (Wildman–Crippen MR) is 114 cm³/mol. The van der Waals surface area contributed by atoms with Crippen LogP contribution in [0.3, 0.4) is 0 Å². The molecule has 1 aliphatic rings. The number of nitrogens with zero attached hydrogens (tertiary/aromatic N) is 1. The Morgan fingerprint density at radius 1 is 0.941 bits per heavy atom. The number of hydrogen-bond acceptors (Lipinski definition) is 2. The van der Waals surface area contributed by atoms with Crippen LogP contribution >= 0.6 is 0 Å². The van der Waals surface area contributed by atoms with Gasteiger partial charge in [-0.05, 0) is 53.8 Å². The summed E-state index contributed by atoms with van der Waals surface area (Å²) in [5, 5.41) is 9.50. The number of benzene rings is 2. The summed E-state index contributed by atoms with van der Waals surface area (Å²) in [4.78, 5) is 3.12. The van der Waals surface area contributed by atoms with Crippen molar-refractivity contribution in [3.63, 3.8) is 0 Å². The molecular weight excluding hydrogens is 458 g/mol. The summed E-state index contributed by atoms with van der Waals surface area (Å²) >= 11 is 0. The highest BCUT2D eigenvalue weighted by atomic mass is 19.4. The van der Waals surface area contributed by atoms with Gasteiger partial charge in [0.2, 0.25) is 0 Å². The first-order valence-corrected chi connectivity index (χ1v) is 11.0. The zero-order valence-corrected chi connectivity index (χ0v) is 18.1. The maximum atomic E-state index is 13.7. The molecule has 0 bridgehead atoms. The Balaban J connectivity index is 1.76. The highest BCUT2D eigenvalue weighted by Gasteiger charge is 2.43. The molecule has 0 saturated heterocycles. The summed E-state index contributed by atoms with van der Waals surface area (Å²) in [5.74, 6) is -0.940. The van der Waals surface area contributed by atoms with Crippen LogP contribution < -0.4 is 4.74 Å². The average Bonchev–Trinajstić information content (AvgIpc) is 3.16. The number of rotatable bonds is 5. The van der Waals surface area contributed by atoms with Gasteiger partial charge in [-0.2, -0.15) is 31.6 Å². The first kappa shape index (κ1) is 24.0. The summed E-state index contributed by atoms with van der Waals surface area (Å²) in [5.41, 5.74) is -1.82. The number of ether oxygens (including phenoxy) is 1. The van der Waals surface area contributed by atoms with Crippen LogP contribution in [0.5, 0.6) is 11.5 Å². The lowest BCUT2D eigenvalue weighted by molar-refractivity contribution is -0.145. The number of aromatic amines is 1. The highest BCUT2D eigenvalue weighted by molar-refractivity contribution is 5.84. The fraction of sp³-hybridized carbons (Fsp3) is 0.400. The number of hydrogen-bond donors (Lipinski definition) is 1. The van der Waals surface area contributed by atoms with Gasteiger partial charge in [0.25, 0.3) is 0 Å². The normalized spacial score (nSPS) is 15.4. The second-order valence-corrected chi connectivity index (χ2v) is 8.68. The smallest absolute Gasteiger partial charge is 0.420 e. The monoisotopic (exact) mass is 480 g/mol. The number of nitrogens with one attached hydrogen (secondary N) is 1. The number of H-pyrrole nitrogens is 1. The van der Waals surface area contributed by atoms with E-state index in [0.29, 0.717) is 23.4 Å². The first-order valence-electron chi connectivity index (χ1n) is 11.0. The van der Waals surface area contributed by atoms with Crippen LogP contribution in [-0.4, -0.2) is 4.98 Å². The molecule has 0 radical (unpaired) electrons. The molecule has 1 saturated carbocycles. The molecule has 3 nitrogen and oxygen atoms in total. The Morgan fingerprint density at radius 2 is 1.59 bits per heavy atom. The van der Waals surface area contributed by atoms with E-state index in [-0.39, 0.29) is 11.3 Å². The molecule has 1 aromatic heterocycles. The third kappa shape index (κ3) is 5.16. The summed E-state index contributed by atoms with van der Waals surface area (Å²) in [6, 6.07) is 7.07.